The minimum Gasteiger partial charge on any atom is -0.372 e. The second-order valence-corrected chi connectivity index (χ2v) is 7.74. The maximum Gasteiger partial charge on any atom is 0.275 e. The standard InChI is InChI=1S/C21H22N4O2S/c1-14-11-25(12-15(2)27-14)19-9-4-3-7-16(19)23-20(26)18-13-28-21(24-18)17-8-5-6-10-22-17/h3-10,13-15H,11-12H2,1-2H3,(H,23,26). The Morgan fingerprint density at radius 1 is 1.14 bits per heavy atom. The molecule has 144 valence electrons. The van der Waals surface area contributed by atoms with E-state index in [1.165, 1.54) is 11.3 Å². The Kier molecular flexibility index (Phi) is 5.36. The summed E-state index contributed by atoms with van der Waals surface area (Å²) in [5.41, 5.74) is 2.94. The van der Waals surface area contributed by atoms with Gasteiger partial charge in [-0.3, -0.25) is 9.78 Å². The first-order chi connectivity index (χ1) is 13.6. The quantitative estimate of drug-likeness (QED) is 0.722. The first-order valence-corrected chi connectivity index (χ1v) is 10.2. The summed E-state index contributed by atoms with van der Waals surface area (Å²) in [6.07, 6.45) is 2.01. The summed E-state index contributed by atoms with van der Waals surface area (Å²) in [5, 5.41) is 5.52. The van der Waals surface area contributed by atoms with Gasteiger partial charge in [0.05, 0.1) is 29.3 Å². The van der Waals surface area contributed by atoms with Crippen LogP contribution in [-0.4, -0.2) is 41.2 Å². The van der Waals surface area contributed by atoms with E-state index in [1.54, 1.807) is 11.6 Å². The van der Waals surface area contributed by atoms with E-state index >= 15 is 0 Å². The van der Waals surface area contributed by atoms with Crippen LogP contribution < -0.4 is 10.2 Å². The minimum atomic E-state index is -0.222. The molecule has 3 aromatic rings. The number of nitrogens with one attached hydrogen (secondary N) is 1. The fourth-order valence-corrected chi connectivity index (χ4v) is 4.18. The molecule has 28 heavy (non-hydrogen) atoms. The molecular formula is C21H22N4O2S. The van der Waals surface area contributed by atoms with Gasteiger partial charge in [0, 0.05) is 24.7 Å². The summed E-state index contributed by atoms with van der Waals surface area (Å²) in [4.78, 5) is 23.8. The largest absolute Gasteiger partial charge is 0.372 e. The van der Waals surface area contributed by atoms with Crippen molar-refractivity contribution in [2.45, 2.75) is 26.1 Å². The molecule has 0 spiro atoms. The summed E-state index contributed by atoms with van der Waals surface area (Å²) < 4.78 is 5.83. The molecule has 7 heteroatoms. The summed E-state index contributed by atoms with van der Waals surface area (Å²) in [5.74, 6) is -0.222. The monoisotopic (exact) mass is 394 g/mol. The van der Waals surface area contributed by atoms with Gasteiger partial charge < -0.3 is 15.0 Å². The van der Waals surface area contributed by atoms with Crippen LogP contribution in [0.1, 0.15) is 24.3 Å². The van der Waals surface area contributed by atoms with Gasteiger partial charge in [-0.2, -0.15) is 0 Å². The molecule has 0 radical (unpaired) electrons. The number of carbonyl (C=O) groups is 1. The highest BCUT2D eigenvalue weighted by molar-refractivity contribution is 7.13. The highest BCUT2D eigenvalue weighted by Crippen LogP contribution is 2.29. The lowest BCUT2D eigenvalue weighted by Crippen LogP contribution is -2.45. The third-order valence-electron chi connectivity index (χ3n) is 4.53. The van der Waals surface area contributed by atoms with Gasteiger partial charge in [-0.1, -0.05) is 18.2 Å². The van der Waals surface area contributed by atoms with E-state index in [2.05, 4.69) is 34.0 Å². The van der Waals surface area contributed by atoms with Crippen LogP contribution in [0, 0.1) is 0 Å². The third-order valence-corrected chi connectivity index (χ3v) is 5.40. The number of pyridine rings is 1. The first-order valence-electron chi connectivity index (χ1n) is 9.28. The number of amides is 1. The van der Waals surface area contributed by atoms with E-state index in [9.17, 15) is 4.79 Å². The normalized spacial score (nSPS) is 19.4. The van der Waals surface area contributed by atoms with E-state index in [0.717, 1.165) is 35.2 Å². The van der Waals surface area contributed by atoms with Crippen molar-refractivity contribution in [2.75, 3.05) is 23.3 Å². The summed E-state index contributed by atoms with van der Waals surface area (Å²) in [6, 6.07) is 13.5. The molecule has 0 aliphatic carbocycles. The summed E-state index contributed by atoms with van der Waals surface area (Å²) >= 11 is 1.41. The maximum absolute atomic E-state index is 12.8. The number of nitrogens with zero attached hydrogens (tertiary/aromatic N) is 3. The molecule has 1 aromatic carbocycles. The molecule has 1 aliphatic heterocycles. The maximum atomic E-state index is 12.8. The second kappa shape index (κ2) is 8.08. The topological polar surface area (TPSA) is 67.4 Å². The van der Waals surface area contributed by atoms with Gasteiger partial charge in [-0.25, -0.2) is 4.98 Å². The Balaban J connectivity index is 1.53. The molecule has 2 aromatic heterocycles. The van der Waals surface area contributed by atoms with Gasteiger partial charge in [0.1, 0.15) is 10.7 Å². The Morgan fingerprint density at radius 2 is 1.89 bits per heavy atom. The highest BCUT2D eigenvalue weighted by Gasteiger charge is 2.24. The van der Waals surface area contributed by atoms with Crippen molar-refractivity contribution in [3.8, 4) is 10.7 Å². The van der Waals surface area contributed by atoms with Crippen LogP contribution in [0.3, 0.4) is 0 Å². The van der Waals surface area contributed by atoms with Crippen LogP contribution in [0.15, 0.2) is 54.0 Å². The van der Waals surface area contributed by atoms with Crippen molar-refractivity contribution in [3.63, 3.8) is 0 Å². The number of anilines is 2. The lowest BCUT2D eigenvalue weighted by Gasteiger charge is -2.37. The zero-order chi connectivity index (χ0) is 19.5. The van der Waals surface area contributed by atoms with Crippen LogP contribution in [0.4, 0.5) is 11.4 Å². The van der Waals surface area contributed by atoms with E-state index in [-0.39, 0.29) is 18.1 Å². The fourth-order valence-electron chi connectivity index (χ4n) is 3.40. The van der Waals surface area contributed by atoms with Gasteiger partial charge in [0.2, 0.25) is 0 Å². The van der Waals surface area contributed by atoms with Crippen LogP contribution >= 0.6 is 11.3 Å². The minimum absolute atomic E-state index is 0.145. The molecule has 6 nitrogen and oxygen atoms in total. The molecule has 1 N–H and O–H groups in total. The van der Waals surface area contributed by atoms with Crippen molar-refractivity contribution in [1.29, 1.82) is 0 Å². The average molecular weight is 395 g/mol. The molecule has 0 bridgehead atoms. The SMILES string of the molecule is CC1CN(c2ccccc2NC(=O)c2csc(-c3ccccn3)n2)CC(C)O1. The zero-order valence-electron chi connectivity index (χ0n) is 15.8. The van der Waals surface area contributed by atoms with Gasteiger partial charge in [0.15, 0.2) is 0 Å². The molecule has 1 amide bonds. The Morgan fingerprint density at radius 3 is 2.64 bits per heavy atom. The first kappa shape index (κ1) is 18.6. The zero-order valence-corrected chi connectivity index (χ0v) is 16.6. The van der Waals surface area contributed by atoms with E-state index in [0.29, 0.717) is 5.69 Å². The van der Waals surface area contributed by atoms with E-state index in [4.69, 9.17) is 4.74 Å². The molecule has 1 fully saturated rings. The predicted molar refractivity (Wildman–Crippen MR) is 112 cm³/mol. The van der Waals surface area contributed by atoms with Crippen molar-refractivity contribution < 1.29 is 9.53 Å². The molecule has 2 unspecified atom stereocenters. The molecule has 1 saturated heterocycles. The van der Waals surface area contributed by atoms with Crippen LogP contribution in [-0.2, 0) is 4.74 Å². The Hall–Kier alpha value is -2.77. The van der Waals surface area contributed by atoms with Crippen LogP contribution in [0.5, 0.6) is 0 Å². The number of carbonyl (C=O) groups excluding carboxylic acids is 1. The fraction of sp³-hybridized carbons (Fsp3) is 0.286. The van der Waals surface area contributed by atoms with Gasteiger partial charge in [-0.05, 0) is 38.1 Å². The van der Waals surface area contributed by atoms with Crippen molar-refractivity contribution in [1.82, 2.24) is 9.97 Å². The summed E-state index contributed by atoms with van der Waals surface area (Å²) in [6.45, 7) is 5.71. The number of ether oxygens (including phenoxy) is 1. The smallest absolute Gasteiger partial charge is 0.275 e. The summed E-state index contributed by atoms with van der Waals surface area (Å²) in [7, 11) is 0. The van der Waals surface area contributed by atoms with Crippen molar-refractivity contribution >= 4 is 28.6 Å². The number of morpholine rings is 1. The molecule has 4 rings (SSSR count). The van der Waals surface area contributed by atoms with Gasteiger partial charge in [0.25, 0.3) is 5.91 Å². The molecule has 1 aliphatic rings. The average Bonchev–Trinajstić information content (AvgIpc) is 3.19. The predicted octanol–water partition coefficient (Wildman–Crippen LogP) is 4.07. The molecule has 3 heterocycles. The number of rotatable bonds is 4. The number of aromatic nitrogens is 2. The molecular weight excluding hydrogens is 372 g/mol. The van der Waals surface area contributed by atoms with E-state index < -0.39 is 0 Å². The second-order valence-electron chi connectivity index (χ2n) is 6.89. The highest BCUT2D eigenvalue weighted by atomic mass is 32.1. The van der Waals surface area contributed by atoms with Crippen LogP contribution in [0.25, 0.3) is 10.7 Å². The Labute approximate surface area is 168 Å². The number of hydrogen-bond acceptors (Lipinski definition) is 6. The third kappa shape index (κ3) is 4.05. The molecule has 0 saturated carbocycles. The number of benzene rings is 1. The van der Waals surface area contributed by atoms with Crippen molar-refractivity contribution in [3.05, 3.63) is 59.7 Å². The van der Waals surface area contributed by atoms with Gasteiger partial charge in [-0.15, -0.1) is 11.3 Å². The van der Waals surface area contributed by atoms with Crippen molar-refractivity contribution in [2.24, 2.45) is 0 Å². The number of para-hydroxylation sites is 2. The van der Waals surface area contributed by atoms with Gasteiger partial charge >= 0.3 is 0 Å². The Bertz CT molecular complexity index is 950. The number of thiazole rings is 1. The lowest BCUT2D eigenvalue weighted by atomic mass is 10.1. The van der Waals surface area contributed by atoms with E-state index in [1.807, 2.05) is 42.5 Å². The number of hydrogen-bond donors (Lipinski definition) is 1. The molecule has 2 atom stereocenters. The lowest BCUT2D eigenvalue weighted by molar-refractivity contribution is -0.00517. The van der Waals surface area contributed by atoms with Crippen LogP contribution in [0.2, 0.25) is 0 Å².